The number of nitrogens with zero attached hydrogens (tertiary/aromatic N) is 7. The highest BCUT2D eigenvalue weighted by molar-refractivity contribution is 6.99. The summed E-state index contributed by atoms with van der Waals surface area (Å²) in [5, 5.41) is 16.4. The first kappa shape index (κ1) is 38.5. The van der Waals surface area contributed by atoms with E-state index in [0.29, 0.717) is 17.8 Å². The van der Waals surface area contributed by atoms with Crippen molar-refractivity contribution in [2.24, 2.45) is 7.05 Å². The Morgan fingerprint density at radius 2 is 1.50 bits per heavy atom. The van der Waals surface area contributed by atoms with Crippen LogP contribution in [0.15, 0.2) is 91.4 Å². The lowest BCUT2D eigenvalue weighted by atomic mass is 9.79. The molecule has 0 N–H and O–H groups in total. The minimum atomic E-state index is -4.46. The molecule has 2 aliphatic carbocycles. The van der Waals surface area contributed by atoms with Gasteiger partial charge in [0.1, 0.15) is 12.4 Å². The van der Waals surface area contributed by atoms with Crippen LogP contribution < -0.4 is 15.1 Å². The molecule has 3 aliphatic rings. The molecule has 0 unspecified atom stereocenters. The quantitative estimate of drug-likeness (QED) is 0.127. The molecule has 2 saturated carbocycles. The van der Waals surface area contributed by atoms with Crippen molar-refractivity contribution in [2.45, 2.75) is 114 Å². The van der Waals surface area contributed by atoms with Crippen LogP contribution in [0.3, 0.4) is 0 Å². The molecule has 0 amide bonds. The van der Waals surface area contributed by atoms with Crippen LogP contribution in [0.5, 0.6) is 5.88 Å². The first-order valence-corrected chi connectivity index (χ1v) is 21.9. The van der Waals surface area contributed by atoms with Crippen molar-refractivity contribution in [3.63, 3.8) is 0 Å². The Bertz CT molecular complexity index is 2030. The summed E-state index contributed by atoms with van der Waals surface area (Å²) in [6.45, 7) is 9.31. The third-order valence-electron chi connectivity index (χ3n) is 12.5. The summed E-state index contributed by atoms with van der Waals surface area (Å²) in [7, 11) is -0.831. The molecule has 1 saturated heterocycles. The van der Waals surface area contributed by atoms with Gasteiger partial charge in [-0.1, -0.05) is 81.4 Å². The summed E-state index contributed by atoms with van der Waals surface area (Å²) in [4.78, 5) is 6.57. The van der Waals surface area contributed by atoms with E-state index in [1.807, 2.05) is 11.6 Å². The van der Waals surface area contributed by atoms with Gasteiger partial charge in [-0.15, -0.1) is 10.2 Å². The van der Waals surface area contributed by atoms with Crippen molar-refractivity contribution in [3.8, 4) is 5.88 Å². The largest absolute Gasteiger partial charge is 0.469 e. The van der Waals surface area contributed by atoms with Crippen molar-refractivity contribution in [2.75, 3.05) is 13.1 Å². The van der Waals surface area contributed by atoms with Crippen LogP contribution in [0.25, 0.3) is 0 Å². The Morgan fingerprint density at radius 3 is 2.11 bits per heavy atom. The van der Waals surface area contributed by atoms with E-state index < -0.39 is 20.1 Å². The van der Waals surface area contributed by atoms with Crippen molar-refractivity contribution in [3.05, 3.63) is 114 Å². The van der Waals surface area contributed by atoms with Gasteiger partial charge < -0.3 is 13.7 Å². The molecule has 2 aromatic carbocycles. The molecule has 1 aliphatic heterocycles. The fraction of sp³-hybridized carbons (Fsp3) is 0.488. The number of alkyl halides is 3. The van der Waals surface area contributed by atoms with Crippen molar-refractivity contribution in [1.82, 2.24) is 34.4 Å². The summed E-state index contributed by atoms with van der Waals surface area (Å²) >= 11 is 0. The van der Waals surface area contributed by atoms with E-state index in [1.165, 1.54) is 22.4 Å². The normalized spacial score (nSPS) is 23.6. The Labute approximate surface area is 328 Å². The summed E-state index contributed by atoms with van der Waals surface area (Å²) < 4.78 is 57.0. The lowest BCUT2D eigenvalue weighted by molar-refractivity contribution is -0.137. The molecule has 8 rings (SSSR count). The highest BCUT2D eigenvalue weighted by Crippen LogP contribution is 2.45. The molecule has 0 bridgehead atoms. The van der Waals surface area contributed by atoms with Gasteiger partial charge in [0.05, 0.1) is 23.9 Å². The van der Waals surface area contributed by atoms with Crippen LogP contribution >= 0.6 is 0 Å². The molecule has 3 aromatic heterocycles. The van der Waals surface area contributed by atoms with E-state index in [-0.39, 0.29) is 35.6 Å². The fourth-order valence-electron chi connectivity index (χ4n) is 9.38. The van der Waals surface area contributed by atoms with Crippen molar-refractivity contribution >= 4 is 18.7 Å². The molecule has 0 radical (unpaired) electrons. The third-order valence-corrected chi connectivity index (χ3v) is 17.6. The van der Waals surface area contributed by atoms with E-state index >= 15 is 0 Å². The Balaban J connectivity index is 0.941. The van der Waals surface area contributed by atoms with Crippen LogP contribution in [0.4, 0.5) is 13.2 Å². The molecule has 0 spiro atoms. The maximum atomic E-state index is 13.1. The van der Waals surface area contributed by atoms with E-state index in [1.54, 1.807) is 0 Å². The number of benzene rings is 2. The van der Waals surface area contributed by atoms with Gasteiger partial charge in [-0.3, -0.25) is 9.58 Å². The molecule has 13 heteroatoms. The van der Waals surface area contributed by atoms with Gasteiger partial charge in [0, 0.05) is 37.5 Å². The predicted molar refractivity (Wildman–Crippen MR) is 211 cm³/mol. The maximum Gasteiger partial charge on any atom is 0.416 e. The maximum absolute atomic E-state index is 13.1. The first-order valence-electron chi connectivity index (χ1n) is 20.0. The molecular formula is C43H52F3N7O2Si. The number of ether oxygens (including phenoxy) is 1. The zero-order valence-electron chi connectivity index (χ0n) is 32.7. The molecular weight excluding hydrogens is 732 g/mol. The second-order valence-electron chi connectivity index (χ2n) is 16.9. The molecule has 296 valence electrons. The van der Waals surface area contributed by atoms with Gasteiger partial charge >= 0.3 is 6.18 Å². The monoisotopic (exact) mass is 783 g/mol. The highest BCUT2D eigenvalue weighted by Gasteiger charge is 2.54. The van der Waals surface area contributed by atoms with Crippen molar-refractivity contribution in [1.29, 1.82) is 0 Å². The van der Waals surface area contributed by atoms with E-state index in [4.69, 9.17) is 14.3 Å². The zero-order valence-corrected chi connectivity index (χ0v) is 33.7. The summed E-state index contributed by atoms with van der Waals surface area (Å²) in [6, 6.07) is 24.4. The number of halogens is 3. The van der Waals surface area contributed by atoms with Crippen LogP contribution in [-0.2, 0) is 24.3 Å². The first-order chi connectivity index (χ1) is 26.9. The highest BCUT2D eigenvalue weighted by atomic mass is 28.4. The molecule has 56 heavy (non-hydrogen) atoms. The lowest BCUT2D eigenvalue weighted by Gasteiger charge is -2.47. The standard InChI is InChI=1S/C43H52F3N7O2Si/c1-42(2,3)56(35-12-7-5-8-13-35,36-14-9-6-10-15-36)55-38-26-34(25-37(38)52-22-11-23-52)53-28-32(27-48-53)30-16-18-31(19-17-30)41-50-49-39(51(41)4)29-54-40-24-33(20-21-47-40)43(44,45)46/h5-10,12-15,20-21,24,27-28,30-31,34,37-38H,11,16-19,22-23,25-26,29H2,1-4H3/t30-,31-,34-,37+,38+/m1/s1. The van der Waals surface area contributed by atoms with Gasteiger partial charge in [-0.05, 0) is 91.0 Å². The summed E-state index contributed by atoms with van der Waals surface area (Å²) in [5.41, 5.74) is 0.494. The average Bonchev–Trinajstić information content (AvgIpc) is 3.91. The number of likely N-dealkylation sites (tertiary alicyclic amines) is 1. The van der Waals surface area contributed by atoms with Gasteiger partial charge in [-0.2, -0.15) is 18.3 Å². The van der Waals surface area contributed by atoms with E-state index in [0.717, 1.165) is 75.8 Å². The number of rotatable bonds is 11. The predicted octanol–water partition coefficient (Wildman–Crippen LogP) is 7.80. The molecule has 3 atom stereocenters. The lowest BCUT2D eigenvalue weighted by Crippen LogP contribution is -2.69. The van der Waals surface area contributed by atoms with Gasteiger partial charge in [0.2, 0.25) is 5.88 Å². The van der Waals surface area contributed by atoms with Gasteiger partial charge in [0.25, 0.3) is 8.32 Å². The molecule has 3 fully saturated rings. The van der Waals surface area contributed by atoms with Crippen LogP contribution in [0.1, 0.15) is 106 Å². The van der Waals surface area contributed by atoms with Crippen LogP contribution in [0, 0.1) is 0 Å². The second kappa shape index (κ2) is 15.5. The fourth-order valence-corrected chi connectivity index (χ4v) is 14.1. The SMILES string of the molecule is Cn1c(COc2cc(C(F)(F)F)ccn2)nnc1[C@H]1CC[C@H](c2cnn([C@H]3C[C@H](O[Si](c4ccccc4)(c4ccccc4)C(C)(C)C)[C@@H](N4CCC4)C3)c2)CC1. The van der Waals surface area contributed by atoms with Crippen molar-refractivity contribution < 1.29 is 22.3 Å². The molecule has 5 aromatic rings. The Kier molecular flexibility index (Phi) is 10.7. The van der Waals surface area contributed by atoms with Gasteiger partial charge in [-0.25, -0.2) is 4.98 Å². The Morgan fingerprint density at radius 1 is 0.839 bits per heavy atom. The second-order valence-corrected chi connectivity index (χ2v) is 21.2. The number of pyridine rings is 1. The minimum absolute atomic E-state index is 0.0179. The molecule has 9 nitrogen and oxygen atoms in total. The Hall–Kier alpha value is -4.33. The van der Waals surface area contributed by atoms with Gasteiger partial charge in [0.15, 0.2) is 5.82 Å². The average molecular weight is 784 g/mol. The summed E-state index contributed by atoms with van der Waals surface area (Å²) in [6.07, 6.45) is 8.28. The molecule has 4 heterocycles. The van der Waals surface area contributed by atoms with Crippen LogP contribution in [0.2, 0.25) is 5.04 Å². The third kappa shape index (κ3) is 7.57. The van der Waals surface area contributed by atoms with E-state index in [9.17, 15) is 13.2 Å². The number of aromatic nitrogens is 6. The number of hydrogen-bond acceptors (Lipinski definition) is 7. The topological polar surface area (TPSA) is 83.1 Å². The van der Waals surface area contributed by atoms with Crippen LogP contribution in [-0.4, -0.2) is 68.0 Å². The smallest absolute Gasteiger partial charge is 0.416 e. The minimum Gasteiger partial charge on any atom is -0.469 e. The van der Waals surface area contributed by atoms with E-state index in [2.05, 4.69) is 119 Å². The summed E-state index contributed by atoms with van der Waals surface area (Å²) in [5.74, 6) is 1.99. The zero-order chi connectivity index (χ0) is 39.1. The number of hydrogen-bond donors (Lipinski definition) is 0.